The summed E-state index contributed by atoms with van der Waals surface area (Å²) in [6.45, 7) is 2.08. The number of hydrogen-bond donors (Lipinski definition) is 0. The summed E-state index contributed by atoms with van der Waals surface area (Å²) >= 11 is 0. The lowest BCUT2D eigenvalue weighted by atomic mass is 9.96. The Hall–Kier alpha value is -4.14. The third-order valence-corrected chi connectivity index (χ3v) is 7.86. The number of ether oxygens (including phenoxy) is 1. The molecule has 0 unspecified atom stereocenters. The number of halogens is 3. The quantitative estimate of drug-likeness (QED) is 0.223. The molecule has 41 heavy (non-hydrogen) atoms. The molecule has 2 aliphatic rings. The number of Topliss-reactive ketones (excluding diaryl/α,β-unsaturated/α-hetero) is 1. The maximum Gasteiger partial charge on any atom is 0.251 e. The minimum absolute atomic E-state index is 0.112. The van der Waals surface area contributed by atoms with E-state index in [4.69, 9.17) is 4.74 Å². The lowest BCUT2D eigenvalue weighted by Crippen LogP contribution is -2.40. The van der Waals surface area contributed by atoms with Crippen LogP contribution in [0.2, 0.25) is 0 Å². The molecule has 0 aliphatic carbocycles. The van der Waals surface area contributed by atoms with E-state index < -0.39 is 11.7 Å². The van der Waals surface area contributed by atoms with Crippen molar-refractivity contribution in [2.45, 2.75) is 44.4 Å². The first-order chi connectivity index (χ1) is 19.8. The third kappa shape index (κ3) is 6.14. The van der Waals surface area contributed by atoms with Crippen LogP contribution in [0, 0.1) is 5.82 Å². The molecule has 0 spiro atoms. The van der Waals surface area contributed by atoms with Gasteiger partial charge in [0.05, 0.1) is 0 Å². The van der Waals surface area contributed by atoms with Crippen LogP contribution in [0.15, 0.2) is 66.9 Å². The van der Waals surface area contributed by atoms with Gasteiger partial charge in [-0.25, -0.2) is 18.2 Å². The second-order valence-corrected chi connectivity index (χ2v) is 10.8. The average molecular weight is 561 g/mol. The fraction of sp³-hybridized carbons (Fsp3) is 0.344. The van der Waals surface area contributed by atoms with Gasteiger partial charge in [-0.15, -0.1) is 0 Å². The fourth-order valence-electron chi connectivity index (χ4n) is 5.61. The van der Waals surface area contributed by atoms with E-state index in [-0.39, 0.29) is 38.1 Å². The van der Waals surface area contributed by atoms with Gasteiger partial charge in [0.2, 0.25) is 11.8 Å². The smallest absolute Gasteiger partial charge is 0.251 e. The monoisotopic (exact) mass is 560 g/mol. The number of ketones is 1. The van der Waals surface area contributed by atoms with Gasteiger partial charge in [-0.1, -0.05) is 30.3 Å². The number of carbonyl (C=O) groups excluding carboxylic acids is 1. The summed E-state index contributed by atoms with van der Waals surface area (Å²) in [5.74, 6) is -2.03. The summed E-state index contributed by atoms with van der Waals surface area (Å²) in [5, 5.41) is 1.64. The van der Waals surface area contributed by atoms with Crippen molar-refractivity contribution in [1.29, 1.82) is 0 Å². The topological polar surface area (TPSA) is 58.6 Å². The second kappa shape index (κ2) is 11.4. The van der Waals surface area contributed by atoms with Crippen molar-refractivity contribution >= 4 is 28.2 Å². The largest absolute Gasteiger partial charge is 0.438 e. The second-order valence-electron chi connectivity index (χ2n) is 10.8. The number of aromatic nitrogens is 2. The van der Waals surface area contributed by atoms with Crippen LogP contribution in [-0.2, 0) is 6.42 Å². The SMILES string of the molecule is O=C(Cc1ccc(Oc2ccnc(N3CCC(F)(F)CC3)n2)c2ccccc12)c1cc(F)cc(N2CCCCC2)c1. The van der Waals surface area contributed by atoms with Crippen molar-refractivity contribution in [3.05, 3.63) is 83.8 Å². The van der Waals surface area contributed by atoms with E-state index >= 15 is 0 Å². The van der Waals surface area contributed by atoms with Crippen LogP contribution in [0.25, 0.3) is 10.8 Å². The van der Waals surface area contributed by atoms with E-state index in [9.17, 15) is 18.0 Å². The predicted molar refractivity (Wildman–Crippen MR) is 153 cm³/mol. The highest BCUT2D eigenvalue weighted by molar-refractivity contribution is 6.01. The van der Waals surface area contributed by atoms with Gasteiger partial charge < -0.3 is 14.5 Å². The normalized spacial score (nSPS) is 17.0. The number of anilines is 2. The van der Waals surface area contributed by atoms with Crippen LogP contribution in [0.1, 0.15) is 48.0 Å². The highest BCUT2D eigenvalue weighted by atomic mass is 19.3. The van der Waals surface area contributed by atoms with Gasteiger partial charge in [-0.2, -0.15) is 4.98 Å². The molecule has 0 amide bonds. The molecule has 3 aromatic carbocycles. The van der Waals surface area contributed by atoms with Crippen LogP contribution in [0.3, 0.4) is 0 Å². The molecule has 4 aromatic rings. The number of piperidine rings is 2. The molecule has 0 atom stereocenters. The number of alkyl halides is 2. The number of carbonyl (C=O) groups is 1. The Bertz CT molecular complexity index is 1560. The summed E-state index contributed by atoms with van der Waals surface area (Å²) in [4.78, 5) is 26.0. The summed E-state index contributed by atoms with van der Waals surface area (Å²) < 4.78 is 47.9. The molecule has 0 N–H and O–H groups in total. The zero-order chi connectivity index (χ0) is 28.4. The van der Waals surface area contributed by atoms with Gasteiger partial charge in [-0.3, -0.25) is 4.79 Å². The van der Waals surface area contributed by atoms with E-state index in [0.29, 0.717) is 23.1 Å². The average Bonchev–Trinajstić information content (AvgIpc) is 2.98. The Morgan fingerprint density at radius 3 is 2.41 bits per heavy atom. The number of benzene rings is 3. The Morgan fingerprint density at radius 2 is 1.63 bits per heavy atom. The molecule has 0 radical (unpaired) electrons. The van der Waals surface area contributed by atoms with Gasteiger partial charge in [0, 0.05) is 74.3 Å². The number of nitrogens with zero attached hydrogens (tertiary/aromatic N) is 4. The lowest BCUT2D eigenvalue weighted by Gasteiger charge is -2.31. The minimum atomic E-state index is -2.66. The number of hydrogen-bond acceptors (Lipinski definition) is 6. The van der Waals surface area contributed by atoms with E-state index in [0.717, 1.165) is 48.0 Å². The molecule has 6 rings (SSSR count). The molecule has 2 saturated heterocycles. The first-order valence-electron chi connectivity index (χ1n) is 14.1. The van der Waals surface area contributed by atoms with Crippen molar-refractivity contribution in [3.8, 4) is 11.6 Å². The standard InChI is InChI=1S/C32H31F3N4O2/c33-24-18-23(19-25(21-24)38-14-4-1-5-15-38)28(40)20-22-8-9-29(27-7-3-2-6-26(22)27)41-30-10-13-36-31(37-30)39-16-11-32(34,35)12-17-39/h2-3,6-10,13,18-19,21H,1,4-5,11-12,14-17,20H2. The lowest BCUT2D eigenvalue weighted by molar-refractivity contribution is -0.0222. The Kier molecular flexibility index (Phi) is 7.51. The van der Waals surface area contributed by atoms with Crippen molar-refractivity contribution < 1.29 is 22.7 Å². The Morgan fingerprint density at radius 1 is 0.878 bits per heavy atom. The highest BCUT2D eigenvalue weighted by Gasteiger charge is 2.34. The first-order valence-corrected chi connectivity index (χ1v) is 14.1. The molecule has 3 heterocycles. The molecule has 2 fully saturated rings. The van der Waals surface area contributed by atoms with Crippen molar-refractivity contribution in [3.63, 3.8) is 0 Å². The third-order valence-electron chi connectivity index (χ3n) is 7.86. The van der Waals surface area contributed by atoms with Gasteiger partial charge in [0.15, 0.2) is 5.78 Å². The molecular weight excluding hydrogens is 529 g/mol. The van der Waals surface area contributed by atoms with E-state index in [2.05, 4.69) is 14.9 Å². The van der Waals surface area contributed by atoms with Gasteiger partial charge in [-0.05, 0) is 54.5 Å². The van der Waals surface area contributed by atoms with Gasteiger partial charge >= 0.3 is 0 Å². The van der Waals surface area contributed by atoms with Crippen LogP contribution >= 0.6 is 0 Å². The zero-order valence-electron chi connectivity index (χ0n) is 22.7. The molecule has 6 nitrogen and oxygen atoms in total. The summed E-state index contributed by atoms with van der Waals surface area (Å²) in [6, 6.07) is 17.5. The van der Waals surface area contributed by atoms with Gasteiger partial charge in [0.25, 0.3) is 5.92 Å². The van der Waals surface area contributed by atoms with Gasteiger partial charge in [0.1, 0.15) is 11.6 Å². The highest BCUT2D eigenvalue weighted by Crippen LogP contribution is 2.34. The minimum Gasteiger partial charge on any atom is -0.438 e. The fourth-order valence-corrected chi connectivity index (χ4v) is 5.61. The molecule has 0 saturated carbocycles. The molecular formula is C32H31F3N4O2. The first kappa shape index (κ1) is 27.1. The van der Waals surface area contributed by atoms with Crippen molar-refractivity contribution in [2.75, 3.05) is 36.0 Å². The maximum atomic E-state index is 14.5. The molecule has 9 heteroatoms. The summed E-state index contributed by atoms with van der Waals surface area (Å²) in [6.07, 6.45) is 4.49. The molecule has 0 bridgehead atoms. The summed E-state index contributed by atoms with van der Waals surface area (Å²) in [5.41, 5.74) is 1.92. The van der Waals surface area contributed by atoms with E-state index in [1.54, 1.807) is 29.3 Å². The van der Waals surface area contributed by atoms with E-state index in [1.807, 2.05) is 30.3 Å². The van der Waals surface area contributed by atoms with Crippen molar-refractivity contribution in [2.24, 2.45) is 0 Å². The number of rotatable bonds is 7. The van der Waals surface area contributed by atoms with Crippen LogP contribution < -0.4 is 14.5 Å². The molecule has 1 aromatic heterocycles. The van der Waals surface area contributed by atoms with Crippen LogP contribution in [-0.4, -0.2) is 47.9 Å². The van der Waals surface area contributed by atoms with E-state index in [1.165, 1.54) is 18.6 Å². The summed E-state index contributed by atoms with van der Waals surface area (Å²) in [7, 11) is 0. The molecule has 212 valence electrons. The van der Waals surface area contributed by atoms with Crippen LogP contribution in [0.4, 0.5) is 24.8 Å². The number of fused-ring (bicyclic) bond motifs is 1. The van der Waals surface area contributed by atoms with Crippen LogP contribution in [0.5, 0.6) is 11.6 Å². The Balaban J connectivity index is 1.22. The Labute approximate surface area is 236 Å². The maximum absolute atomic E-state index is 14.5. The zero-order valence-corrected chi connectivity index (χ0v) is 22.7. The van der Waals surface area contributed by atoms with Crippen molar-refractivity contribution in [1.82, 2.24) is 9.97 Å². The molecule has 2 aliphatic heterocycles. The predicted octanol–water partition coefficient (Wildman–Crippen LogP) is 7.21.